The smallest absolute Gasteiger partial charge is 0.411 e. The Morgan fingerprint density at radius 3 is 2.25 bits per heavy atom. The Morgan fingerprint density at radius 1 is 0.944 bits per heavy atom. The second-order valence-electron chi connectivity index (χ2n) is 9.33. The fourth-order valence-corrected chi connectivity index (χ4v) is 4.90. The molecule has 196 valence electrons. The zero-order chi connectivity index (χ0) is 25.9. The van der Waals surface area contributed by atoms with E-state index in [0.717, 1.165) is 43.9 Å². The standard InChI is InChI=1S/C29H42N4O3/c1-5-8-9-17-31-18-20-33(21-19-31)27(25-11-10-12-26(22-25)30-29(35)36-4)23-13-15-24(16-14-23)28(34)32(6-2)7-3/h10-16,22,27H,5-9,17-21H2,1-4H3,(H,30,35)/t27-/m1/s1. The molecule has 7 heteroatoms. The van der Waals surface area contributed by atoms with Crippen molar-refractivity contribution in [2.45, 2.75) is 46.1 Å². The van der Waals surface area contributed by atoms with Crippen LogP contribution in [0.3, 0.4) is 0 Å². The van der Waals surface area contributed by atoms with Gasteiger partial charge in [-0.2, -0.15) is 0 Å². The second-order valence-corrected chi connectivity index (χ2v) is 9.33. The van der Waals surface area contributed by atoms with Crippen LogP contribution >= 0.6 is 0 Å². The van der Waals surface area contributed by atoms with Gasteiger partial charge < -0.3 is 14.5 Å². The Morgan fingerprint density at radius 2 is 1.64 bits per heavy atom. The van der Waals surface area contributed by atoms with Gasteiger partial charge in [0.05, 0.1) is 13.2 Å². The zero-order valence-corrected chi connectivity index (χ0v) is 22.3. The molecular weight excluding hydrogens is 452 g/mol. The molecule has 1 aliphatic heterocycles. The summed E-state index contributed by atoms with van der Waals surface area (Å²) in [5.41, 5.74) is 3.66. The number of unbranched alkanes of at least 4 members (excludes halogenated alkanes) is 2. The molecule has 3 rings (SSSR count). The minimum Gasteiger partial charge on any atom is -0.453 e. The number of nitrogens with one attached hydrogen (secondary N) is 1. The molecule has 1 saturated heterocycles. The van der Waals surface area contributed by atoms with Crippen LogP contribution in [0.25, 0.3) is 0 Å². The van der Waals surface area contributed by atoms with Crippen LogP contribution in [0.15, 0.2) is 48.5 Å². The number of anilines is 1. The molecule has 1 heterocycles. The number of carbonyl (C=O) groups is 2. The first-order valence-electron chi connectivity index (χ1n) is 13.3. The number of hydrogen-bond donors (Lipinski definition) is 1. The first-order valence-corrected chi connectivity index (χ1v) is 13.3. The lowest BCUT2D eigenvalue weighted by Crippen LogP contribution is -2.48. The Balaban J connectivity index is 1.86. The highest BCUT2D eigenvalue weighted by Gasteiger charge is 2.27. The average Bonchev–Trinajstić information content (AvgIpc) is 2.91. The van der Waals surface area contributed by atoms with Crippen LogP contribution < -0.4 is 5.32 Å². The van der Waals surface area contributed by atoms with Gasteiger partial charge in [-0.25, -0.2) is 4.79 Å². The molecule has 1 fully saturated rings. The molecule has 2 amide bonds. The second kappa shape index (κ2) is 14.0. The highest BCUT2D eigenvalue weighted by Crippen LogP contribution is 2.31. The van der Waals surface area contributed by atoms with Crippen LogP contribution in [0.4, 0.5) is 10.5 Å². The maximum absolute atomic E-state index is 12.8. The number of carbonyl (C=O) groups excluding carboxylic acids is 2. The molecule has 0 spiro atoms. The molecule has 1 aliphatic rings. The number of methoxy groups -OCH3 is 1. The van der Waals surface area contributed by atoms with Crippen LogP contribution in [-0.2, 0) is 4.74 Å². The first kappa shape index (κ1) is 27.7. The van der Waals surface area contributed by atoms with Crippen molar-refractivity contribution >= 4 is 17.7 Å². The van der Waals surface area contributed by atoms with Crippen molar-refractivity contribution in [2.75, 3.05) is 58.2 Å². The summed E-state index contributed by atoms with van der Waals surface area (Å²) in [5, 5.41) is 2.79. The van der Waals surface area contributed by atoms with Crippen LogP contribution in [0.2, 0.25) is 0 Å². The van der Waals surface area contributed by atoms with Crippen LogP contribution in [0.5, 0.6) is 0 Å². The van der Waals surface area contributed by atoms with Crippen LogP contribution in [0.1, 0.15) is 67.6 Å². The number of nitrogens with zero attached hydrogens (tertiary/aromatic N) is 3. The predicted molar refractivity (Wildman–Crippen MR) is 146 cm³/mol. The number of rotatable bonds is 11. The molecule has 0 radical (unpaired) electrons. The molecule has 0 saturated carbocycles. The topological polar surface area (TPSA) is 65.1 Å². The molecule has 36 heavy (non-hydrogen) atoms. The Hall–Kier alpha value is -2.90. The summed E-state index contributed by atoms with van der Waals surface area (Å²) in [5.74, 6) is 0.0630. The van der Waals surface area contributed by atoms with Crippen molar-refractivity contribution in [3.05, 3.63) is 65.2 Å². The third-order valence-electron chi connectivity index (χ3n) is 7.01. The van der Waals surface area contributed by atoms with Gasteiger partial charge >= 0.3 is 6.09 Å². The maximum atomic E-state index is 12.8. The van der Waals surface area contributed by atoms with Gasteiger partial charge in [0.25, 0.3) is 5.91 Å². The van der Waals surface area contributed by atoms with Crippen molar-refractivity contribution < 1.29 is 14.3 Å². The zero-order valence-electron chi connectivity index (χ0n) is 22.3. The molecule has 2 aromatic carbocycles. The van der Waals surface area contributed by atoms with Crippen molar-refractivity contribution in [1.29, 1.82) is 0 Å². The van der Waals surface area contributed by atoms with E-state index in [9.17, 15) is 9.59 Å². The van der Waals surface area contributed by atoms with Crippen molar-refractivity contribution in [2.24, 2.45) is 0 Å². The van der Waals surface area contributed by atoms with Crippen LogP contribution in [-0.4, -0.2) is 79.6 Å². The number of hydrogen-bond acceptors (Lipinski definition) is 5. The SMILES string of the molecule is CCCCCN1CCN([C@H](c2ccc(C(=O)N(CC)CC)cc2)c2cccc(NC(=O)OC)c2)CC1. The molecular formula is C29H42N4O3. The van der Waals surface area contributed by atoms with E-state index in [1.54, 1.807) is 0 Å². The lowest BCUT2D eigenvalue weighted by molar-refractivity contribution is 0.0773. The minimum atomic E-state index is -0.483. The molecule has 1 atom stereocenters. The average molecular weight is 495 g/mol. The van der Waals surface area contributed by atoms with Gasteiger partial charge in [-0.1, -0.05) is 44.0 Å². The maximum Gasteiger partial charge on any atom is 0.411 e. The van der Waals surface area contributed by atoms with E-state index < -0.39 is 6.09 Å². The number of benzene rings is 2. The highest BCUT2D eigenvalue weighted by molar-refractivity contribution is 5.94. The third-order valence-corrected chi connectivity index (χ3v) is 7.01. The fourth-order valence-electron chi connectivity index (χ4n) is 4.90. The monoisotopic (exact) mass is 494 g/mol. The highest BCUT2D eigenvalue weighted by atomic mass is 16.5. The largest absolute Gasteiger partial charge is 0.453 e. The van der Waals surface area contributed by atoms with Crippen molar-refractivity contribution in [3.63, 3.8) is 0 Å². The van der Waals surface area contributed by atoms with Gasteiger partial charge in [0.1, 0.15) is 0 Å². The lowest BCUT2D eigenvalue weighted by Gasteiger charge is -2.40. The molecule has 1 N–H and O–H groups in total. The Bertz CT molecular complexity index is 967. The Labute approximate surface area is 216 Å². The summed E-state index contributed by atoms with van der Waals surface area (Å²) < 4.78 is 4.78. The summed E-state index contributed by atoms with van der Waals surface area (Å²) in [6, 6.07) is 16.0. The summed E-state index contributed by atoms with van der Waals surface area (Å²) in [6.07, 6.45) is 3.29. The van der Waals surface area contributed by atoms with Crippen molar-refractivity contribution in [1.82, 2.24) is 14.7 Å². The van der Waals surface area contributed by atoms with E-state index in [4.69, 9.17) is 4.74 Å². The number of piperazine rings is 1. The van der Waals surface area contributed by atoms with Crippen LogP contribution in [0, 0.1) is 0 Å². The van der Waals surface area contributed by atoms with Gasteiger partial charge in [-0.05, 0) is 62.2 Å². The summed E-state index contributed by atoms with van der Waals surface area (Å²) in [6.45, 7) is 12.8. The summed E-state index contributed by atoms with van der Waals surface area (Å²) >= 11 is 0. The molecule has 0 aromatic heterocycles. The first-order chi connectivity index (χ1) is 17.5. The molecule has 0 bridgehead atoms. The van der Waals surface area contributed by atoms with Gasteiger partial charge in [0, 0.05) is 50.5 Å². The normalized spacial score (nSPS) is 15.3. The molecule has 0 aliphatic carbocycles. The van der Waals surface area contributed by atoms with Gasteiger partial charge in [-0.3, -0.25) is 15.0 Å². The van der Waals surface area contributed by atoms with E-state index in [0.29, 0.717) is 24.3 Å². The summed E-state index contributed by atoms with van der Waals surface area (Å²) in [7, 11) is 1.36. The summed E-state index contributed by atoms with van der Waals surface area (Å²) in [4.78, 5) is 31.5. The lowest BCUT2D eigenvalue weighted by atomic mass is 9.94. The van der Waals surface area contributed by atoms with E-state index in [2.05, 4.69) is 40.2 Å². The van der Waals surface area contributed by atoms with Gasteiger partial charge in [0.2, 0.25) is 0 Å². The molecule has 0 unspecified atom stereocenters. The van der Waals surface area contributed by atoms with E-state index in [-0.39, 0.29) is 11.9 Å². The minimum absolute atomic E-state index is 0.0276. The van der Waals surface area contributed by atoms with E-state index >= 15 is 0 Å². The molecule has 2 aromatic rings. The Kier molecular flexibility index (Phi) is 10.8. The third kappa shape index (κ3) is 7.31. The van der Waals surface area contributed by atoms with E-state index in [1.807, 2.05) is 49.1 Å². The number of ether oxygens (including phenoxy) is 1. The predicted octanol–water partition coefficient (Wildman–Crippen LogP) is 5.24. The van der Waals surface area contributed by atoms with Gasteiger partial charge in [-0.15, -0.1) is 0 Å². The van der Waals surface area contributed by atoms with Crippen molar-refractivity contribution in [3.8, 4) is 0 Å². The van der Waals surface area contributed by atoms with E-state index in [1.165, 1.54) is 26.4 Å². The molecule has 7 nitrogen and oxygen atoms in total. The fraction of sp³-hybridized carbons (Fsp3) is 0.517. The quantitative estimate of drug-likeness (QED) is 0.433. The number of amides is 2. The van der Waals surface area contributed by atoms with Gasteiger partial charge in [0.15, 0.2) is 0 Å².